The first-order chi connectivity index (χ1) is 6.67. The van der Waals surface area contributed by atoms with E-state index in [1.54, 1.807) is 0 Å². The van der Waals surface area contributed by atoms with Crippen LogP contribution in [0.1, 0.15) is 59.3 Å². The summed E-state index contributed by atoms with van der Waals surface area (Å²) in [6.45, 7) is 9.51. The molecule has 1 atom stereocenters. The fourth-order valence-electron chi connectivity index (χ4n) is 2.05. The van der Waals surface area contributed by atoms with Crippen molar-refractivity contribution in [3.63, 3.8) is 0 Å². The van der Waals surface area contributed by atoms with Crippen LogP contribution < -0.4 is 5.32 Å². The zero-order valence-electron chi connectivity index (χ0n) is 10.2. The first-order valence-corrected chi connectivity index (χ1v) is 6.37. The quantitative estimate of drug-likeness (QED) is 0.586. The Morgan fingerprint density at radius 1 is 1.14 bits per heavy atom. The Bertz CT molecular complexity index is 151. The number of rotatable bonds is 8. The van der Waals surface area contributed by atoms with Gasteiger partial charge in [0.25, 0.3) is 0 Å². The van der Waals surface area contributed by atoms with Gasteiger partial charge >= 0.3 is 0 Å². The lowest BCUT2D eigenvalue weighted by molar-refractivity contribution is 0.507. The Balaban J connectivity index is 1.77. The van der Waals surface area contributed by atoms with Crippen molar-refractivity contribution in [3.8, 4) is 0 Å². The lowest BCUT2D eigenvalue weighted by atomic mass is 10.1. The van der Waals surface area contributed by atoms with Gasteiger partial charge in [-0.05, 0) is 37.3 Å². The van der Waals surface area contributed by atoms with E-state index in [4.69, 9.17) is 0 Å². The molecule has 0 radical (unpaired) electrons. The van der Waals surface area contributed by atoms with Crippen LogP contribution in [0.15, 0.2) is 0 Å². The topological polar surface area (TPSA) is 12.0 Å². The molecule has 0 aromatic rings. The Morgan fingerprint density at radius 2 is 1.79 bits per heavy atom. The van der Waals surface area contributed by atoms with Crippen molar-refractivity contribution < 1.29 is 0 Å². The first kappa shape index (κ1) is 12.0. The van der Waals surface area contributed by atoms with Gasteiger partial charge in [0, 0.05) is 0 Å². The number of hydrogen-bond acceptors (Lipinski definition) is 1. The molecule has 0 saturated heterocycles. The fraction of sp³-hybridized carbons (Fsp3) is 1.00. The van der Waals surface area contributed by atoms with Gasteiger partial charge in [0.05, 0.1) is 0 Å². The van der Waals surface area contributed by atoms with E-state index in [2.05, 4.69) is 26.1 Å². The van der Waals surface area contributed by atoms with Crippen molar-refractivity contribution in [2.45, 2.75) is 59.3 Å². The van der Waals surface area contributed by atoms with Gasteiger partial charge in [0.2, 0.25) is 0 Å². The van der Waals surface area contributed by atoms with Crippen molar-refractivity contribution >= 4 is 0 Å². The number of hydrogen-bond donors (Lipinski definition) is 1. The van der Waals surface area contributed by atoms with Crippen molar-refractivity contribution in [2.75, 3.05) is 13.1 Å². The molecule has 84 valence electrons. The van der Waals surface area contributed by atoms with E-state index in [9.17, 15) is 0 Å². The summed E-state index contributed by atoms with van der Waals surface area (Å²) in [5, 5.41) is 3.58. The van der Waals surface area contributed by atoms with Crippen molar-refractivity contribution in [2.24, 2.45) is 11.3 Å². The summed E-state index contributed by atoms with van der Waals surface area (Å²) in [4.78, 5) is 0. The lowest BCUT2D eigenvalue weighted by Crippen LogP contribution is -2.19. The molecule has 0 amide bonds. The van der Waals surface area contributed by atoms with Crippen molar-refractivity contribution in [1.82, 2.24) is 5.32 Å². The van der Waals surface area contributed by atoms with E-state index in [0.717, 1.165) is 5.92 Å². The summed E-state index contributed by atoms with van der Waals surface area (Å²) in [5.74, 6) is 0.957. The minimum absolute atomic E-state index is 0.648. The Morgan fingerprint density at radius 3 is 2.36 bits per heavy atom. The van der Waals surface area contributed by atoms with Crippen LogP contribution in [0.3, 0.4) is 0 Å². The number of nitrogens with one attached hydrogen (secondary N) is 1. The summed E-state index contributed by atoms with van der Waals surface area (Å²) < 4.78 is 0. The molecule has 1 fully saturated rings. The third kappa shape index (κ3) is 4.45. The van der Waals surface area contributed by atoms with Crippen LogP contribution >= 0.6 is 0 Å². The molecule has 1 nitrogen and oxygen atoms in total. The van der Waals surface area contributed by atoms with E-state index < -0.39 is 0 Å². The molecular formula is C13H27N. The molecule has 1 aliphatic carbocycles. The predicted octanol–water partition coefficient (Wildman–Crippen LogP) is 3.59. The molecular weight excluding hydrogens is 170 g/mol. The molecule has 0 aromatic heterocycles. The molecule has 1 heteroatoms. The van der Waals surface area contributed by atoms with Gasteiger partial charge in [-0.25, -0.2) is 0 Å². The monoisotopic (exact) mass is 197 g/mol. The number of unbranched alkanes of at least 4 members (excludes halogenated alkanes) is 4. The third-order valence-electron chi connectivity index (χ3n) is 3.57. The van der Waals surface area contributed by atoms with Gasteiger partial charge in [-0.2, -0.15) is 0 Å². The van der Waals surface area contributed by atoms with Gasteiger partial charge in [-0.3, -0.25) is 0 Å². The zero-order valence-corrected chi connectivity index (χ0v) is 10.2. The summed E-state index contributed by atoms with van der Waals surface area (Å²) in [6, 6.07) is 0. The molecule has 0 spiro atoms. The van der Waals surface area contributed by atoms with Crippen LogP contribution in [0.2, 0.25) is 0 Å². The highest BCUT2D eigenvalue weighted by atomic mass is 14.9. The lowest BCUT2D eigenvalue weighted by Gasteiger charge is -2.05. The molecule has 0 bridgehead atoms. The van der Waals surface area contributed by atoms with Crippen LogP contribution in [0, 0.1) is 11.3 Å². The third-order valence-corrected chi connectivity index (χ3v) is 3.57. The fourth-order valence-corrected chi connectivity index (χ4v) is 2.05. The summed E-state index contributed by atoms with van der Waals surface area (Å²) in [5.41, 5.74) is 0.648. The zero-order chi connectivity index (χ0) is 10.4. The smallest absolute Gasteiger partial charge is 0.00152 e. The second-order valence-electron chi connectivity index (χ2n) is 5.51. The molecule has 0 heterocycles. The van der Waals surface area contributed by atoms with Crippen LogP contribution in [0.4, 0.5) is 0 Å². The van der Waals surface area contributed by atoms with Crippen LogP contribution in [-0.2, 0) is 0 Å². The van der Waals surface area contributed by atoms with E-state index in [1.165, 1.54) is 51.6 Å². The van der Waals surface area contributed by atoms with Gasteiger partial charge in [-0.1, -0.05) is 46.5 Å². The summed E-state index contributed by atoms with van der Waals surface area (Å²) in [7, 11) is 0. The average molecular weight is 197 g/mol. The molecule has 0 aromatic carbocycles. The minimum Gasteiger partial charge on any atom is -0.316 e. The maximum Gasteiger partial charge on any atom is -0.00152 e. The standard InChI is InChI=1S/C13H27N/c1-4-5-6-7-8-9-14-11-12-10-13(12,2)3/h12,14H,4-11H2,1-3H3. The minimum atomic E-state index is 0.648. The Hall–Kier alpha value is -0.0400. The van der Waals surface area contributed by atoms with Gasteiger partial charge < -0.3 is 5.32 Å². The summed E-state index contributed by atoms with van der Waals surface area (Å²) >= 11 is 0. The molecule has 1 saturated carbocycles. The highest BCUT2D eigenvalue weighted by Gasteiger charge is 2.44. The van der Waals surface area contributed by atoms with E-state index in [1.807, 2.05) is 0 Å². The largest absolute Gasteiger partial charge is 0.316 e. The second-order valence-corrected chi connectivity index (χ2v) is 5.51. The molecule has 14 heavy (non-hydrogen) atoms. The van der Waals surface area contributed by atoms with Gasteiger partial charge in [-0.15, -0.1) is 0 Å². The van der Waals surface area contributed by atoms with Crippen molar-refractivity contribution in [1.29, 1.82) is 0 Å². The Labute approximate surface area is 89.7 Å². The van der Waals surface area contributed by atoms with E-state index in [-0.39, 0.29) is 0 Å². The second kappa shape index (κ2) is 5.75. The molecule has 1 N–H and O–H groups in total. The molecule has 1 unspecified atom stereocenters. The summed E-state index contributed by atoms with van der Waals surface area (Å²) in [6.07, 6.45) is 8.39. The van der Waals surface area contributed by atoms with Crippen LogP contribution in [0.25, 0.3) is 0 Å². The SMILES string of the molecule is CCCCCCCNCC1CC1(C)C. The maximum absolute atomic E-state index is 3.58. The van der Waals surface area contributed by atoms with Gasteiger partial charge in [0.1, 0.15) is 0 Å². The predicted molar refractivity (Wildman–Crippen MR) is 63.5 cm³/mol. The van der Waals surface area contributed by atoms with Crippen LogP contribution in [-0.4, -0.2) is 13.1 Å². The highest BCUT2D eigenvalue weighted by molar-refractivity contribution is 4.95. The van der Waals surface area contributed by atoms with Crippen LogP contribution in [0.5, 0.6) is 0 Å². The van der Waals surface area contributed by atoms with Gasteiger partial charge in [0.15, 0.2) is 0 Å². The molecule has 1 rings (SSSR count). The first-order valence-electron chi connectivity index (χ1n) is 6.37. The van der Waals surface area contributed by atoms with E-state index in [0.29, 0.717) is 5.41 Å². The van der Waals surface area contributed by atoms with E-state index >= 15 is 0 Å². The average Bonchev–Trinajstić information content (AvgIpc) is 2.73. The Kier molecular flexibility index (Phi) is 4.94. The normalized spacial score (nSPS) is 23.8. The molecule has 1 aliphatic rings. The highest BCUT2D eigenvalue weighted by Crippen LogP contribution is 2.50. The maximum atomic E-state index is 3.58. The van der Waals surface area contributed by atoms with Crippen molar-refractivity contribution in [3.05, 3.63) is 0 Å². The molecule has 0 aliphatic heterocycles.